The van der Waals surface area contributed by atoms with Crippen LogP contribution in [0.1, 0.15) is 48.3 Å². The van der Waals surface area contributed by atoms with Crippen LogP contribution in [0.2, 0.25) is 0 Å². The Morgan fingerprint density at radius 2 is 1.72 bits per heavy atom. The standard InChI is InChI=1S/C22H28FN5O/c1-16-15-19(21(29)25-17-7-3-2-4-8-17)26-22(24-16)28-13-11-27(12-14-28)20-10-6-5-9-18(20)23/h5-6,9-10,15,17H,2-4,7-8,11-14H2,1H3,(H,25,29). The summed E-state index contributed by atoms with van der Waals surface area (Å²) in [6.45, 7) is 4.62. The van der Waals surface area contributed by atoms with Gasteiger partial charge in [0.25, 0.3) is 5.91 Å². The zero-order valence-electron chi connectivity index (χ0n) is 16.9. The van der Waals surface area contributed by atoms with Crippen LogP contribution in [0.5, 0.6) is 0 Å². The van der Waals surface area contributed by atoms with E-state index in [-0.39, 0.29) is 17.8 Å². The highest BCUT2D eigenvalue weighted by Crippen LogP contribution is 2.22. The van der Waals surface area contributed by atoms with Crippen molar-refractivity contribution in [3.05, 3.63) is 47.5 Å². The van der Waals surface area contributed by atoms with Gasteiger partial charge >= 0.3 is 0 Å². The quantitative estimate of drug-likeness (QED) is 0.858. The Bertz CT molecular complexity index is 860. The highest BCUT2D eigenvalue weighted by atomic mass is 19.1. The monoisotopic (exact) mass is 397 g/mol. The summed E-state index contributed by atoms with van der Waals surface area (Å²) < 4.78 is 14.1. The zero-order chi connectivity index (χ0) is 20.2. The molecule has 7 heteroatoms. The predicted molar refractivity (Wildman–Crippen MR) is 112 cm³/mol. The van der Waals surface area contributed by atoms with E-state index < -0.39 is 0 Å². The largest absolute Gasteiger partial charge is 0.366 e. The maximum absolute atomic E-state index is 14.1. The highest BCUT2D eigenvalue weighted by Gasteiger charge is 2.23. The van der Waals surface area contributed by atoms with Crippen LogP contribution in [0.15, 0.2) is 30.3 Å². The Balaban J connectivity index is 1.42. The van der Waals surface area contributed by atoms with E-state index in [1.807, 2.05) is 24.0 Å². The summed E-state index contributed by atoms with van der Waals surface area (Å²) in [5, 5.41) is 3.13. The number of benzene rings is 1. The van der Waals surface area contributed by atoms with E-state index in [1.54, 1.807) is 12.1 Å². The number of nitrogens with zero attached hydrogens (tertiary/aromatic N) is 4. The molecule has 2 aromatic rings. The summed E-state index contributed by atoms with van der Waals surface area (Å²) in [4.78, 5) is 25.9. The van der Waals surface area contributed by atoms with Crippen molar-refractivity contribution in [3.8, 4) is 0 Å². The molecule has 4 rings (SSSR count). The molecule has 1 saturated heterocycles. The average molecular weight is 397 g/mol. The van der Waals surface area contributed by atoms with Gasteiger partial charge in [-0.2, -0.15) is 0 Å². The highest BCUT2D eigenvalue weighted by molar-refractivity contribution is 5.92. The molecule has 2 aliphatic rings. The molecule has 0 bridgehead atoms. The van der Waals surface area contributed by atoms with Crippen molar-refractivity contribution in [2.24, 2.45) is 0 Å². The lowest BCUT2D eigenvalue weighted by Crippen LogP contribution is -2.47. The number of halogens is 1. The van der Waals surface area contributed by atoms with Crippen molar-refractivity contribution in [1.29, 1.82) is 0 Å². The van der Waals surface area contributed by atoms with Crippen molar-refractivity contribution in [1.82, 2.24) is 15.3 Å². The predicted octanol–water partition coefficient (Wildman–Crippen LogP) is 3.31. The minimum atomic E-state index is -0.200. The third-order valence-electron chi connectivity index (χ3n) is 5.77. The minimum absolute atomic E-state index is 0.117. The van der Waals surface area contributed by atoms with E-state index in [0.29, 0.717) is 43.5 Å². The smallest absolute Gasteiger partial charge is 0.270 e. The summed E-state index contributed by atoms with van der Waals surface area (Å²) >= 11 is 0. The van der Waals surface area contributed by atoms with Crippen LogP contribution in [-0.2, 0) is 0 Å². The molecule has 2 fully saturated rings. The lowest BCUT2D eigenvalue weighted by atomic mass is 9.95. The molecule has 29 heavy (non-hydrogen) atoms. The van der Waals surface area contributed by atoms with Crippen LogP contribution >= 0.6 is 0 Å². The van der Waals surface area contributed by atoms with Crippen molar-refractivity contribution < 1.29 is 9.18 Å². The molecule has 1 aliphatic carbocycles. The first-order valence-electron chi connectivity index (χ1n) is 10.5. The Hall–Kier alpha value is -2.70. The molecule has 0 radical (unpaired) electrons. The third-order valence-corrected chi connectivity index (χ3v) is 5.77. The number of anilines is 2. The number of hydrogen-bond acceptors (Lipinski definition) is 5. The lowest BCUT2D eigenvalue weighted by molar-refractivity contribution is 0.0922. The normalized spacial score (nSPS) is 18.0. The van der Waals surface area contributed by atoms with Crippen molar-refractivity contribution in [3.63, 3.8) is 0 Å². The SMILES string of the molecule is Cc1cc(C(=O)NC2CCCCC2)nc(N2CCN(c3ccccc3F)CC2)n1. The lowest BCUT2D eigenvalue weighted by Gasteiger charge is -2.36. The molecule has 1 N–H and O–H groups in total. The van der Waals surface area contributed by atoms with Gasteiger partial charge in [-0.05, 0) is 38.0 Å². The number of carbonyl (C=O) groups is 1. The van der Waals surface area contributed by atoms with E-state index in [4.69, 9.17) is 0 Å². The van der Waals surface area contributed by atoms with Crippen LogP contribution in [0.4, 0.5) is 16.0 Å². The Morgan fingerprint density at radius 1 is 1.03 bits per heavy atom. The molecule has 1 saturated carbocycles. The van der Waals surface area contributed by atoms with E-state index >= 15 is 0 Å². The second kappa shape index (κ2) is 8.76. The molecule has 1 aromatic heterocycles. The van der Waals surface area contributed by atoms with Crippen molar-refractivity contribution in [2.75, 3.05) is 36.0 Å². The summed E-state index contributed by atoms with van der Waals surface area (Å²) in [6.07, 6.45) is 5.68. The number of piperazine rings is 1. The fraction of sp³-hybridized carbons (Fsp3) is 0.500. The van der Waals surface area contributed by atoms with Crippen LogP contribution in [0.25, 0.3) is 0 Å². The fourth-order valence-electron chi connectivity index (χ4n) is 4.17. The Kier molecular flexibility index (Phi) is 5.92. The van der Waals surface area contributed by atoms with Gasteiger partial charge in [0, 0.05) is 37.9 Å². The first kappa shape index (κ1) is 19.6. The first-order chi connectivity index (χ1) is 14.1. The fourth-order valence-corrected chi connectivity index (χ4v) is 4.17. The minimum Gasteiger partial charge on any atom is -0.366 e. The van der Waals surface area contributed by atoms with Crippen LogP contribution in [0, 0.1) is 12.7 Å². The topological polar surface area (TPSA) is 61.4 Å². The van der Waals surface area contributed by atoms with Crippen LogP contribution < -0.4 is 15.1 Å². The van der Waals surface area contributed by atoms with E-state index in [2.05, 4.69) is 20.2 Å². The molecule has 1 aliphatic heterocycles. The molecular formula is C22H28FN5O. The third kappa shape index (κ3) is 4.66. The number of para-hydroxylation sites is 1. The second-order valence-corrected chi connectivity index (χ2v) is 7.93. The molecule has 1 aromatic carbocycles. The number of amides is 1. The Morgan fingerprint density at radius 3 is 2.45 bits per heavy atom. The van der Waals surface area contributed by atoms with Gasteiger partial charge in [-0.3, -0.25) is 4.79 Å². The van der Waals surface area contributed by atoms with E-state index in [0.717, 1.165) is 18.5 Å². The molecule has 154 valence electrons. The van der Waals surface area contributed by atoms with Crippen LogP contribution in [0.3, 0.4) is 0 Å². The Labute approximate surface area is 171 Å². The zero-order valence-corrected chi connectivity index (χ0v) is 16.9. The summed E-state index contributed by atoms with van der Waals surface area (Å²) in [7, 11) is 0. The number of aromatic nitrogens is 2. The van der Waals surface area contributed by atoms with Gasteiger partial charge in [-0.25, -0.2) is 14.4 Å². The molecule has 0 unspecified atom stereocenters. The van der Waals surface area contributed by atoms with Gasteiger partial charge in [-0.15, -0.1) is 0 Å². The summed E-state index contributed by atoms with van der Waals surface area (Å²) in [5.41, 5.74) is 1.83. The summed E-state index contributed by atoms with van der Waals surface area (Å²) in [5.74, 6) is 0.259. The van der Waals surface area contributed by atoms with Crippen molar-refractivity contribution in [2.45, 2.75) is 45.1 Å². The van der Waals surface area contributed by atoms with Gasteiger partial charge in [0.15, 0.2) is 0 Å². The van der Waals surface area contributed by atoms with Gasteiger partial charge in [0.1, 0.15) is 11.5 Å². The maximum atomic E-state index is 14.1. The molecular weight excluding hydrogens is 369 g/mol. The van der Waals surface area contributed by atoms with Crippen LogP contribution in [-0.4, -0.2) is 48.1 Å². The van der Waals surface area contributed by atoms with Gasteiger partial charge in [-0.1, -0.05) is 31.4 Å². The number of nitrogens with one attached hydrogen (secondary N) is 1. The second-order valence-electron chi connectivity index (χ2n) is 7.93. The molecule has 2 heterocycles. The summed E-state index contributed by atoms with van der Waals surface area (Å²) in [6, 6.07) is 8.85. The van der Waals surface area contributed by atoms with Crippen molar-refractivity contribution >= 4 is 17.5 Å². The van der Waals surface area contributed by atoms with Gasteiger partial charge < -0.3 is 15.1 Å². The molecule has 0 atom stereocenters. The molecule has 0 spiro atoms. The van der Waals surface area contributed by atoms with Gasteiger partial charge in [0.05, 0.1) is 5.69 Å². The number of rotatable bonds is 4. The van der Waals surface area contributed by atoms with E-state index in [9.17, 15) is 9.18 Å². The maximum Gasteiger partial charge on any atom is 0.270 e. The average Bonchev–Trinajstić information content (AvgIpc) is 2.74. The number of aryl methyl sites for hydroxylation is 1. The first-order valence-corrected chi connectivity index (χ1v) is 10.5. The van der Waals surface area contributed by atoms with Gasteiger partial charge in [0.2, 0.25) is 5.95 Å². The number of carbonyl (C=O) groups excluding carboxylic acids is 1. The molecule has 6 nitrogen and oxygen atoms in total. The molecule has 1 amide bonds. The van der Waals surface area contributed by atoms with E-state index in [1.165, 1.54) is 25.3 Å². The number of hydrogen-bond donors (Lipinski definition) is 1.